The van der Waals surface area contributed by atoms with Crippen molar-refractivity contribution in [2.45, 2.75) is 65.5 Å². The first-order chi connectivity index (χ1) is 12.5. The van der Waals surface area contributed by atoms with Crippen LogP contribution in [-0.2, 0) is 14.9 Å². The molecule has 2 heterocycles. The minimum absolute atomic E-state index is 0.0480. The molecule has 0 amide bonds. The zero-order valence-electron chi connectivity index (χ0n) is 17.0. The number of hydrogen-bond donors (Lipinski definition) is 1. The number of esters is 1. The minimum Gasteiger partial charge on any atom is -0.456 e. The van der Waals surface area contributed by atoms with Crippen molar-refractivity contribution in [2.75, 3.05) is 5.32 Å². The summed E-state index contributed by atoms with van der Waals surface area (Å²) in [6, 6.07) is 7.78. The number of fused-ring (bicyclic) bond motifs is 1. The monoisotopic (exact) mass is 369 g/mol. The second kappa shape index (κ2) is 6.48. The lowest BCUT2D eigenvalue weighted by Gasteiger charge is -2.30. The number of aromatic nitrogens is 4. The Morgan fingerprint density at radius 1 is 1.11 bits per heavy atom. The van der Waals surface area contributed by atoms with E-state index >= 15 is 0 Å². The number of ether oxygens (including phenoxy) is 1. The first kappa shape index (κ1) is 19.1. The van der Waals surface area contributed by atoms with E-state index in [2.05, 4.69) is 53.7 Å². The van der Waals surface area contributed by atoms with Crippen LogP contribution in [0.1, 0.15) is 65.6 Å². The lowest BCUT2D eigenvalue weighted by atomic mass is 9.85. The van der Waals surface area contributed by atoms with Crippen LogP contribution in [0.4, 0.5) is 5.95 Å². The predicted octanol–water partition coefficient (Wildman–Crippen LogP) is 3.60. The lowest BCUT2D eigenvalue weighted by Crippen LogP contribution is -2.33. The summed E-state index contributed by atoms with van der Waals surface area (Å²) >= 11 is 0. The Morgan fingerprint density at radius 3 is 2.30 bits per heavy atom. The molecule has 7 nitrogen and oxygen atoms in total. The van der Waals surface area contributed by atoms with Crippen molar-refractivity contribution >= 4 is 11.9 Å². The van der Waals surface area contributed by atoms with Crippen molar-refractivity contribution in [1.29, 1.82) is 0 Å². The van der Waals surface area contributed by atoms with Gasteiger partial charge < -0.3 is 10.1 Å². The van der Waals surface area contributed by atoms with Crippen molar-refractivity contribution in [3.8, 4) is 0 Å². The molecule has 0 bridgehead atoms. The molecule has 144 valence electrons. The van der Waals surface area contributed by atoms with Gasteiger partial charge in [0.15, 0.2) is 0 Å². The molecule has 1 N–H and O–H groups in total. The highest BCUT2D eigenvalue weighted by molar-refractivity contribution is 5.92. The number of carbonyl (C=O) groups is 1. The summed E-state index contributed by atoms with van der Waals surface area (Å²) in [5, 5.41) is 15.0. The van der Waals surface area contributed by atoms with E-state index < -0.39 is 11.6 Å². The van der Waals surface area contributed by atoms with E-state index in [9.17, 15) is 4.79 Å². The number of allylic oxidation sites excluding steroid dienone is 1. The molecule has 0 radical (unpaired) electrons. The van der Waals surface area contributed by atoms with Gasteiger partial charge in [-0.2, -0.15) is 4.68 Å². The molecular weight excluding hydrogens is 342 g/mol. The number of tetrazole rings is 1. The smallest absolute Gasteiger partial charge is 0.338 e. The summed E-state index contributed by atoms with van der Waals surface area (Å²) in [5.74, 6) is 0.128. The number of anilines is 1. The average molecular weight is 369 g/mol. The van der Waals surface area contributed by atoms with Gasteiger partial charge in [-0.15, -0.1) is 0 Å². The number of benzene rings is 1. The van der Waals surface area contributed by atoms with E-state index in [1.807, 2.05) is 39.8 Å². The quantitative estimate of drug-likeness (QED) is 0.815. The lowest BCUT2D eigenvalue weighted by molar-refractivity contribution is -0.150. The van der Waals surface area contributed by atoms with Crippen LogP contribution in [0, 0.1) is 0 Å². The zero-order valence-corrected chi connectivity index (χ0v) is 17.0. The second-order valence-electron chi connectivity index (χ2n) is 8.89. The molecular formula is C20H27N5O2. The molecule has 0 spiro atoms. The third-order valence-corrected chi connectivity index (χ3v) is 4.43. The first-order valence-corrected chi connectivity index (χ1v) is 9.07. The van der Waals surface area contributed by atoms with Gasteiger partial charge in [-0.3, -0.25) is 0 Å². The van der Waals surface area contributed by atoms with Crippen LogP contribution >= 0.6 is 0 Å². The van der Waals surface area contributed by atoms with Gasteiger partial charge in [0.2, 0.25) is 5.95 Å². The van der Waals surface area contributed by atoms with Gasteiger partial charge in [-0.1, -0.05) is 50.1 Å². The number of rotatable bonds is 2. The van der Waals surface area contributed by atoms with Crippen LogP contribution in [0.3, 0.4) is 0 Å². The van der Waals surface area contributed by atoms with Crippen LogP contribution in [0.5, 0.6) is 0 Å². The second-order valence-corrected chi connectivity index (χ2v) is 8.89. The van der Waals surface area contributed by atoms with Crippen molar-refractivity contribution in [1.82, 2.24) is 20.2 Å². The molecule has 1 aromatic heterocycles. The molecule has 3 rings (SSSR count). The molecule has 0 saturated heterocycles. The molecule has 0 aliphatic carbocycles. The highest BCUT2D eigenvalue weighted by Gasteiger charge is 2.36. The highest BCUT2D eigenvalue weighted by Crippen LogP contribution is 2.36. The van der Waals surface area contributed by atoms with Gasteiger partial charge in [0.05, 0.1) is 5.57 Å². The number of nitrogens with one attached hydrogen (secondary N) is 1. The van der Waals surface area contributed by atoms with Crippen LogP contribution in [0.25, 0.3) is 0 Å². The van der Waals surface area contributed by atoms with E-state index in [0.717, 1.165) is 5.56 Å². The molecule has 2 aromatic rings. The van der Waals surface area contributed by atoms with E-state index in [1.165, 1.54) is 5.56 Å². The molecule has 1 unspecified atom stereocenters. The Kier molecular flexibility index (Phi) is 4.57. The number of nitrogens with zero attached hydrogens (tertiary/aromatic N) is 4. The van der Waals surface area contributed by atoms with Gasteiger partial charge in [-0.05, 0) is 54.7 Å². The molecule has 27 heavy (non-hydrogen) atoms. The fraction of sp³-hybridized carbons (Fsp3) is 0.500. The SMILES string of the molecule is CC1=C(C(=O)OC(C)(C)C)C(c2ccc(C(C)(C)C)cc2)n2nnnc2N1. The molecule has 1 atom stereocenters. The standard InChI is InChI=1S/C20H27N5O2/c1-12-15(17(26)27-20(5,6)7)16(25-18(21-12)22-23-24-25)13-8-10-14(11-9-13)19(2,3)4/h8-11,16H,1-7H3,(H,21,22,24). The third kappa shape index (κ3) is 3.86. The van der Waals surface area contributed by atoms with E-state index in [1.54, 1.807) is 4.68 Å². The highest BCUT2D eigenvalue weighted by atomic mass is 16.6. The molecule has 7 heteroatoms. The maximum absolute atomic E-state index is 13.0. The molecule has 1 aromatic carbocycles. The summed E-state index contributed by atoms with van der Waals surface area (Å²) < 4.78 is 7.27. The normalized spacial score (nSPS) is 17.4. The van der Waals surface area contributed by atoms with E-state index in [-0.39, 0.29) is 11.4 Å². The summed E-state index contributed by atoms with van der Waals surface area (Å²) in [7, 11) is 0. The van der Waals surface area contributed by atoms with Gasteiger partial charge in [0.25, 0.3) is 0 Å². The number of carbonyl (C=O) groups excluding carboxylic acids is 1. The van der Waals surface area contributed by atoms with Crippen LogP contribution in [-0.4, -0.2) is 31.8 Å². The van der Waals surface area contributed by atoms with Crippen molar-refractivity contribution in [3.63, 3.8) is 0 Å². The van der Waals surface area contributed by atoms with Gasteiger partial charge in [0.1, 0.15) is 11.6 Å². The molecule has 0 fully saturated rings. The maximum Gasteiger partial charge on any atom is 0.338 e. The largest absolute Gasteiger partial charge is 0.456 e. The van der Waals surface area contributed by atoms with Crippen molar-refractivity contribution in [2.24, 2.45) is 0 Å². The summed E-state index contributed by atoms with van der Waals surface area (Å²) in [6.45, 7) is 13.9. The van der Waals surface area contributed by atoms with Crippen molar-refractivity contribution in [3.05, 3.63) is 46.7 Å². The van der Waals surface area contributed by atoms with Gasteiger partial charge in [-0.25, -0.2) is 4.79 Å². The fourth-order valence-corrected chi connectivity index (χ4v) is 3.08. The zero-order chi connectivity index (χ0) is 20.0. The number of hydrogen-bond acceptors (Lipinski definition) is 6. The van der Waals surface area contributed by atoms with E-state index in [0.29, 0.717) is 17.2 Å². The van der Waals surface area contributed by atoms with Crippen LogP contribution in [0.15, 0.2) is 35.5 Å². The van der Waals surface area contributed by atoms with Crippen LogP contribution < -0.4 is 5.32 Å². The van der Waals surface area contributed by atoms with E-state index in [4.69, 9.17) is 4.74 Å². The third-order valence-electron chi connectivity index (χ3n) is 4.43. The predicted molar refractivity (Wildman–Crippen MR) is 103 cm³/mol. The topological polar surface area (TPSA) is 81.9 Å². The summed E-state index contributed by atoms with van der Waals surface area (Å²) in [6.07, 6.45) is 0. The molecule has 0 saturated carbocycles. The molecule has 1 aliphatic rings. The maximum atomic E-state index is 13.0. The Morgan fingerprint density at radius 2 is 1.74 bits per heavy atom. The summed E-state index contributed by atoms with van der Waals surface area (Å²) in [5.41, 5.74) is 2.80. The van der Waals surface area contributed by atoms with Crippen LogP contribution in [0.2, 0.25) is 0 Å². The minimum atomic E-state index is -0.591. The Hall–Kier alpha value is -2.70. The van der Waals surface area contributed by atoms with Gasteiger partial charge >= 0.3 is 5.97 Å². The van der Waals surface area contributed by atoms with Crippen molar-refractivity contribution < 1.29 is 9.53 Å². The van der Waals surface area contributed by atoms with Gasteiger partial charge in [0, 0.05) is 5.70 Å². The first-order valence-electron chi connectivity index (χ1n) is 9.07. The average Bonchev–Trinajstić information content (AvgIpc) is 2.98. The Bertz CT molecular complexity index is 882. The summed E-state index contributed by atoms with van der Waals surface area (Å²) in [4.78, 5) is 13.0. The fourth-order valence-electron chi connectivity index (χ4n) is 3.08. The Balaban J connectivity index is 2.07. The Labute approximate surface area is 159 Å². The molecule has 1 aliphatic heterocycles.